The molecule has 37 heavy (non-hydrogen) atoms. The van der Waals surface area contributed by atoms with Crippen LogP contribution in [0, 0.1) is 11.3 Å². The third-order valence-corrected chi connectivity index (χ3v) is 7.93. The summed E-state index contributed by atoms with van der Waals surface area (Å²) in [4.78, 5) is 12.3. The van der Waals surface area contributed by atoms with E-state index in [1.165, 1.54) is 0 Å². The average Bonchev–Trinajstić information content (AvgIpc) is 3.30. The number of imidazole rings is 1. The van der Waals surface area contributed by atoms with Crippen LogP contribution in [0.4, 0.5) is 5.13 Å². The maximum Gasteiger partial charge on any atom is 0.185 e. The van der Waals surface area contributed by atoms with Crippen LogP contribution in [0.5, 0.6) is 17.2 Å². The van der Waals surface area contributed by atoms with Crippen molar-refractivity contribution in [2.75, 3.05) is 31.7 Å². The van der Waals surface area contributed by atoms with Crippen LogP contribution in [0.15, 0.2) is 48.8 Å². The minimum Gasteiger partial charge on any atom is -0.497 e. The lowest BCUT2D eigenvalue weighted by molar-refractivity contribution is 0.0857. The Hall–Kier alpha value is -3.81. The van der Waals surface area contributed by atoms with Gasteiger partial charge >= 0.3 is 0 Å². The molecule has 2 fully saturated rings. The summed E-state index contributed by atoms with van der Waals surface area (Å²) in [6.07, 6.45) is 6.87. The first-order valence-corrected chi connectivity index (χ1v) is 13.1. The lowest BCUT2D eigenvalue weighted by Gasteiger charge is -2.32. The highest BCUT2D eigenvalue weighted by atomic mass is 32.1. The highest BCUT2D eigenvalue weighted by molar-refractivity contribution is 7.18. The summed E-state index contributed by atoms with van der Waals surface area (Å²) in [6.45, 7) is 1.94. The fraction of sp³-hybridized carbons (Fsp3) is 0.370. The van der Waals surface area contributed by atoms with E-state index in [-0.39, 0.29) is 12.7 Å². The van der Waals surface area contributed by atoms with Crippen LogP contribution in [0.1, 0.15) is 31.4 Å². The Balaban J connectivity index is 1.18. The fourth-order valence-electron chi connectivity index (χ4n) is 4.48. The molecule has 1 saturated heterocycles. The molecule has 1 aliphatic carbocycles. The second kappa shape index (κ2) is 9.57. The fourth-order valence-corrected chi connectivity index (χ4v) is 5.45. The molecule has 1 saturated carbocycles. The molecule has 4 heterocycles. The first kappa shape index (κ1) is 23.6. The number of benzene rings is 1. The van der Waals surface area contributed by atoms with E-state index in [9.17, 15) is 10.4 Å². The maximum atomic E-state index is 10.2. The van der Waals surface area contributed by atoms with Crippen molar-refractivity contribution < 1.29 is 19.3 Å². The Morgan fingerprint density at radius 2 is 1.84 bits per heavy atom. The van der Waals surface area contributed by atoms with E-state index in [0.717, 1.165) is 66.0 Å². The molecular formula is C27H27N5O4S. The van der Waals surface area contributed by atoms with Crippen LogP contribution in [0.3, 0.4) is 0 Å². The smallest absolute Gasteiger partial charge is 0.185 e. The summed E-state index contributed by atoms with van der Waals surface area (Å²) in [5, 5.41) is 20.8. The molecule has 9 nitrogen and oxygen atoms in total. The topological polar surface area (TPSA) is 105 Å². The van der Waals surface area contributed by atoms with Gasteiger partial charge in [-0.25, -0.2) is 9.97 Å². The molecule has 1 aliphatic heterocycles. The van der Waals surface area contributed by atoms with Gasteiger partial charge in [-0.15, -0.1) is 0 Å². The van der Waals surface area contributed by atoms with Gasteiger partial charge in [0.15, 0.2) is 5.13 Å². The molecule has 0 atom stereocenters. The molecule has 3 aromatic heterocycles. The average molecular weight is 518 g/mol. The molecule has 0 amide bonds. The van der Waals surface area contributed by atoms with E-state index in [1.54, 1.807) is 30.7 Å². The van der Waals surface area contributed by atoms with E-state index in [1.807, 2.05) is 40.9 Å². The molecule has 10 heteroatoms. The number of hydrogen-bond acceptors (Lipinski definition) is 9. The van der Waals surface area contributed by atoms with Gasteiger partial charge in [-0.1, -0.05) is 11.3 Å². The van der Waals surface area contributed by atoms with Gasteiger partial charge in [0.1, 0.15) is 47.4 Å². The quantitative estimate of drug-likeness (QED) is 0.369. The number of nitriles is 1. The summed E-state index contributed by atoms with van der Waals surface area (Å²) in [5.74, 6) is 2.28. The number of anilines is 1. The Kier molecular flexibility index (Phi) is 6.10. The third-order valence-electron chi connectivity index (χ3n) is 6.85. The molecular weight excluding hydrogens is 490 g/mol. The van der Waals surface area contributed by atoms with Crippen molar-refractivity contribution >= 4 is 22.1 Å². The molecule has 0 spiro atoms. The molecule has 0 unspecified atom stereocenters. The van der Waals surface area contributed by atoms with E-state index >= 15 is 0 Å². The normalized spacial score (nSPS) is 16.9. The molecule has 1 aromatic carbocycles. The van der Waals surface area contributed by atoms with Crippen LogP contribution in [-0.4, -0.2) is 58.0 Å². The highest BCUT2D eigenvalue weighted by Crippen LogP contribution is 2.38. The number of aromatic nitrogens is 3. The van der Waals surface area contributed by atoms with Gasteiger partial charge in [0.05, 0.1) is 29.5 Å². The predicted octanol–water partition coefficient (Wildman–Crippen LogP) is 4.29. The molecule has 0 radical (unpaired) electrons. The Morgan fingerprint density at radius 1 is 1.08 bits per heavy atom. The standard InChI is InChI=1S/C27H27N5O4S/c1-34-19-2-4-20(5-3-19)36-21-6-10-31(11-7-21)26-30-16-24(37-26)23-12-22(35-17-27(33)8-9-27)13-25-29-15-18(14-28)32(23)25/h2-5,12-13,15-16,21,33H,6-11,17H2,1H3. The number of piperidine rings is 1. The third kappa shape index (κ3) is 4.92. The molecule has 0 bridgehead atoms. The Morgan fingerprint density at radius 3 is 2.54 bits per heavy atom. The minimum atomic E-state index is -0.722. The largest absolute Gasteiger partial charge is 0.497 e. The van der Waals surface area contributed by atoms with E-state index in [0.29, 0.717) is 17.1 Å². The van der Waals surface area contributed by atoms with Crippen molar-refractivity contribution in [2.45, 2.75) is 37.4 Å². The predicted molar refractivity (Wildman–Crippen MR) is 140 cm³/mol. The van der Waals surface area contributed by atoms with Crippen LogP contribution < -0.4 is 19.1 Å². The minimum absolute atomic E-state index is 0.156. The van der Waals surface area contributed by atoms with Crippen molar-refractivity contribution in [2.24, 2.45) is 0 Å². The van der Waals surface area contributed by atoms with Gasteiger partial charge in [0.2, 0.25) is 0 Å². The monoisotopic (exact) mass is 517 g/mol. The van der Waals surface area contributed by atoms with Gasteiger partial charge in [-0.2, -0.15) is 5.26 Å². The number of pyridine rings is 1. The van der Waals surface area contributed by atoms with Crippen LogP contribution in [0.2, 0.25) is 0 Å². The zero-order chi connectivity index (χ0) is 25.4. The highest BCUT2D eigenvalue weighted by Gasteiger charge is 2.41. The zero-order valence-corrected chi connectivity index (χ0v) is 21.3. The van der Waals surface area contributed by atoms with Gasteiger partial charge in [-0.05, 0) is 37.1 Å². The number of aliphatic hydroxyl groups is 1. The molecule has 2 aliphatic rings. The Bertz CT molecular complexity index is 1450. The van der Waals surface area contributed by atoms with E-state index < -0.39 is 5.60 Å². The number of nitrogens with zero attached hydrogens (tertiary/aromatic N) is 5. The Labute approximate surface area is 218 Å². The van der Waals surface area contributed by atoms with Gasteiger partial charge in [0, 0.05) is 44.3 Å². The number of rotatable bonds is 8. The summed E-state index contributed by atoms with van der Waals surface area (Å²) in [6, 6.07) is 13.6. The molecule has 6 rings (SSSR count). The second-order valence-corrected chi connectivity index (χ2v) is 10.5. The molecule has 4 aromatic rings. The van der Waals surface area contributed by atoms with Gasteiger partial charge in [0.25, 0.3) is 0 Å². The van der Waals surface area contributed by atoms with Crippen LogP contribution in [0.25, 0.3) is 16.2 Å². The summed E-state index contributed by atoms with van der Waals surface area (Å²) in [5.41, 5.74) is 1.15. The summed E-state index contributed by atoms with van der Waals surface area (Å²) >= 11 is 1.58. The van der Waals surface area contributed by atoms with Crippen LogP contribution >= 0.6 is 11.3 Å². The lowest BCUT2D eigenvalue weighted by atomic mass is 10.1. The number of ether oxygens (including phenoxy) is 3. The van der Waals surface area contributed by atoms with Gasteiger partial charge in [-0.3, -0.25) is 4.40 Å². The van der Waals surface area contributed by atoms with E-state index in [4.69, 9.17) is 19.2 Å². The molecule has 1 N–H and O–H groups in total. The SMILES string of the molecule is COc1ccc(OC2CCN(c3ncc(-c4cc(OCC5(O)CC5)cc5ncc(C#N)n45)s3)CC2)cc1. The van der Waals surface area contributed by atoms with Crippen molar-refractivity contribution in [1.82, 2.24) is 14.4 Å². The van der Waals surface area contributed by atoms with Crippen molar-refractivity contribution in [3.05, 3.63) is 54.5 Å². The second-order valence-electron chi connectivity index (χ2n) is 9.53. The lowest BCUT2D eigenvalue weighted by Crippen LogP contribution is -2.38. The zero-order valence-electron chi connectivity index (χ0n) is 20.5. The van der Waals surface area contributed by atoms with E-state index in [2.05, 4.69) is 16.0 Å². The summed E-state index contributed by atoms with van der Waals surface area (Å²) in [7, 11) is 1.65. The first-order chi connectivity index (χ1) is 18.0. The van der Waals surface area contributed by atoms with Gasteiger partial charge < -0.3 is 24.2 Å². The molecule has 190 valence electrons. The number of methoxy groups -OCH3 is 1. The number of hydrogen-bond donors (Lipinski definition) is 1. The number of thiazole rings is 1. The number of fused-ring (bicyclic) bond motifs is 1. The van der Waals surface area contributed by atoms with Crippen LogP contribution in [-0.2, 0) is 0 Å². The summed E-state index contributed by atoms with van der Waals surface area (Å²) < 4.78 is 19.1. The first-order valence-electron chi connectivity index (χ1n) is 12.3. The maximum absolute atomic E-state index is 10.2. The van der Waals surface area contributed by atoms with Crippen molar-refractivity contribution in [3.8, 4) is 33.9 Å². The van der Waals surface area contributed by atoms with Crippen molar-refractivity contribution in [1.29, 1.82) is 5.26 Å². The van der Waals surface area contributed by atoms with Crippen molar-refractivity contribution in [3.63, 3.8) is 0 Å².